The zero-order chi connectivity index (χ0) is 15.7. The number of carbonyl (C=O) groups excluding carboxylic acids is 1. The van der Waals surface area contributed by atoms with E-state index >= 15 is 0 Å². The van der Waals surface area contributed by atoms with Gasteiger partial charge in [-0.1, -0.05) is 6.92 Å². The van der Waals surface area contributed by atoms with Crippen molar-refractivity contribution in [1.29, 1.82) is 5.26 Å². The van der Waals surface area contributed by atoms with Crippen molar-refractivity contribution in [3.05, 3.63) is 30.0 Å². The van der Waals surface area contributed by atoms with E-state index in [1.165, 1.54) is 18.5 Å². The van der Waals surface area contributed by atoms with Gasteiger partial charge in [-0.2, -0.15) is 9.65 Å². The van der Waals surface area contributed by atoms with Gasteiger partial charge in [-0.05, 0) is 12.3 Å². The number of nitrogens with zero attached hydrogens (tertiary/aromatic N) is 4. The van der Waals surface area contributed by atoms with E-state index in [9.17, 15) is 14.4 Å². The van der Waals surface area contributed by atoms with Gasteiger partial charge in [0, 0.05) is 36.7 Å². The standard InChI is InChI=1S/C16H15FN4O/c1-10-8-21(3-2-11(10)9-22)16-12(5-18)6-19-14-7-20-15(17)4-13(14)16/h4,6-7,9-11H,2-3,8H2,1H3. The molecule has 1 aliphatic rings. The van der Waals surface area contributed by atoms with Gasteiger partial charge in [0.25, 0.3) is 0 Å². The van der Waals surface area contributed by atoms with Crippen LogP contribution in [0.4, 0.5) is 10.1 Å². The Kier molecular flexibility index (Phi) is 3.72. The van der Waals surface area contributed by atoms with Crippen LogP contribution in [0, 0.1) is 29.1 Å². The van der Waals surface area contributed by atoms with Crippen molar-refractivity contribution in [1.82, 2.24) is 9.97 Å². The maximum absolute atomic E-state index is 13.5. The number of nitriles is 1. The Morgan fingerprint density at radius 1 is 1.45 bits per heavy atom. The van der Waals surface area contributed by atoms with Crippen LogP contribution in [0.3, 0.4) is 0 Å². The van der Waals surface area contributed by atoms with Gasteiger partial charge in [-0.15, -0.1) is 0 Å². The van der Waals surface area contributed by atoms with Crippen molar-refractivity contribution in [2.75, 3.05) is 18.0 Å². The van der Waals surface area contributed by atoms with Crippen LogP contribution < -0.4 is 4.90 Å². The average Bonchev–Trinajstić information content (AvgIpc) is 2.53. The van der Waals surface area contributed by atoms with Crippen molar-refractivity contribution in [3.63, 3.8) is 0 Å². The molecule has 22 heavy (non-hydrogen) atoms. The molecule has 1 saturated heterocycles. The lowest BCUT2D eigenvalue weighted by atomic mass is 9.87. The van der Waals surface area contributed by atoms with Crippen LogP contribution in [0.5, 0.6) is 0 Å². The number of hydrogen-bond donors (Lipinski definition) is 0. The van der Waals surface area contributed by atoms with Crippen LogP contribution in [0.15, 0.2) is 18.5 Å². The first kappa shape index (κ1) is 14.4. The SMILES string of the molecule is CC1CN(c2c(C#N)cnc3cnc(F)cc23)CCC1C=O. The first-order valence-electron chi connectivity index (χ1n) is 7.18. The molecule has 2 atom stereocenters. The third-order valence-corrected chi connectivity index (χ3v) is 4.28. The van der Waals surface area contributed by atoms with Crippen molar-refractivity contribution >= 4 is 22.9 Å². The molecule has 2 unspecified atom stereocenters. The third-order valence-electron chi connectivity index (χ3n) is 4.28. The van der Waals surface area contributed by atoms with Crippen LogP contribution in [-0.2, 0) is 4.79 Å². The van der Waals surface area contributed by atoms with Crippen LogP contribution in [-0.4, -0.2) is 29.3 Å². The molecule has 0 amide bonds. The van der Waals surface area contributed by atoms with E-state index in [1.54, 1.807) is 0 Å². The molecule has 0 N–H and O–H groups in total. The summed E-state index contributed by atoms with van der Waals surface area (Å²) in [4.78, 5) is 20.9. The minimum absolute atomic E-state index is 0.0355. The number of fused-ring (bicyclic) bond motifs is 1. The number of halogens is 1. The van der Waals surface area contributed by atoms with E-state index in [-0.39, 0.29) is 11.8 Å². The predicted octanol–water partition coefficient (Wildman–Crippen LogP) is 2.30. The summed E-state index contributed by atoms with van der Waals surface area (Å²) in [6, 6.07) is 3.44. The van der Waals surface area contributed by atoms with Gasteiger partial charge in [0.15, 0.2) is 0 Å². The Hall–Kier alpha value is -2.55. The normalized spacial score (nSPS) is 21.6. The molecule has 5 nitrogen and oxygen atoms in total. The fraction of sp³-hybridized carbons (Fsp3) is 0.375. The molecule has 3 rings (SSSR count). The summed E-state index contributed by atoms with van der Waals surface area (Å²) >= 11 is 0. The highest BCUT2D eigenvalue weighted by atomic mass is 19.1. The Morgan fingerprint density at radius 3 is 2.95 bits per heavy atom. The zero-order valence-corrected chi connectivity index (χ0v) is 12.2. The monoisotopic (exact) mass is 298 g/mol. The van der Waals surface area contributed by atoms with Gasteiger partial charge < -0.3 is 9.69 Å². The van der Waals surface area contributed by atoms with Gasteiger partial charge in [0.2, 0.25) is 5.95 Å². The molecule has 2 aromatic heterocycles. The summed E-state index contributed by atoms with van der Waals surface area (Å²) in [5, 5.41) is 9.95. The fourth-order valence-electron chi connectivity index (χ4n) is 3.05. The van der Waals surface area contributed by atoms with Crippen LogP contribution in [0.1, 0.15) is 18.9 Å². The molecule has 3 heterocycles. The first-order valence-corrected chi connectivity index (χ1v) is 7.18. The van der Waals surface area contributed by atoms with Crippen molar-refractivity contribution in [2.45, 2.75) is 13.3 Å². The van der Waals surface area contributed by atoms with Crippen LogP contribution in [0.2, 0.25) is 0 Å². The van der Waals surface area contributed by atoms with Gasteiger partial charge >= 0.3 is 0 Å². The lowest BCUT2D eigenvalue weighted by Crippen LogP contribution is -2.40. The largest absolute Gasteiger partial charge is 0.370 e. The third kappa shape index (κ3) is 2.39. The summed E-state index contributed by atoms with van der Waals surface area (Å²) in [5.74, 6) is -0.373. The summed E-state index contributed by atoms with van der Waals surface area (Å²) in [5.41, 5.74) is 1.65. The molecule has 6 heteroatoms. The average molecular weight is 298 g/mol. The number of aldehydes is 1. The van der Waals surface area contributed by atoms with Crippen LogP contribution in [0.25, 0.3) is 10.9 Å². The summed E-state index contributed by atoms with van der Waals surface area (Å²) < 4.78 is 13.5. The van der Waals surface area contributed by atoms with E-state index in [0.717, 1.165) is 12.7 Å². The zero-order valence-electron chi connectivity index (χ0n) is 12.2. The van der Waals surface area contributed by atoms with E-state index in [2.05, 4.69) is 16.0 Å². The first-order chi connectivity index (χ1) is 10.6. The second-order valence-electron chi connectivity index (χ2n) is 5.67. The molecular formula is C16H15FN4O. The molecule has 112 valence electrons. The number of carbonyl (C=O) groups is 1. The molecule has 2 aromatic rings. The van der Waals surface area contributed by atoms with Gasteiger partial charge in [-0.3, -0.25) is 4.98 Å². The van der Waals surface area contributed by atoms with Gasteiger partial charge in [0.05, 0.1) is 23.0 Å². The molecule has 0 aliphatic carbocycles. The molecular weight excluding hydrogens is 283 g/mol. The molecule has 0 saturated carbocycles. The lowest BCUT2D eigenvalue weighted by molar-refractivity contribution is -0.112. The predicted molar refractivity (Wildman–Crippen MR) is 79.8 cm³/mol. The second kappa shape index (κ2) is 5.68. The Bertz CT molecular complexity index is 771. The van der Waals surface area contributed by atoms with E-state index < -0.39 is 5.95 Å². The molecule has 1 aliphatic heterocycles. The van der Waals surface area contributed by atoms with Crippen molar-refractivity contribution in [3.8, 4) is 6.07 Å². The molecule has 0 aromatic carbocycles. The van der Waals surface area contributed by atoms with Gasteiger partial charge in [-0.25, -0.2) is 4.98 Å². The quantitative estimate of drug-likeness (QED) is 0.628. The summed E-state index contributed by atoms with van der Waals surface area (Å²) in [7, 11) is 0. The number of rotatable bonds is 2. The molecule has 0 spiro atoms. The van der Waals surface area contributed by atoms with Gasteiger partial charge in [0.1, 0.15) is 12.4 Å². The van der Waals surface area contributed by atoms with E-state index in [4.69, 9.17) is 0 Å². The minimum Gasteiger partial charge on any atom is -0.370 e. The van der Waals surface area contributed by atoms with Crippen molar-refractivity contribution in [2.24, 2.45) is 11.8 Å². The maximum atomic E-state index is 13.5. The number of hydrogen-bond acceptors (Lipinski definition) is 5. The lowest BCUT2D eigenvalue weighted by Gasteiger charge is -2.36. The summed E-state index contributed by atoms with van der Waals surface area (Å²) in [6.45, 7) is 3.33. The number of aromatic nitrogens is 2. The highest BCUT2D eigenvalue weighted by Gasteiger charge is 2.28. The van der Waals surface area contributed by atoms with Crippen molar-refractivity contribution < 1.29 is 9.18 Å². The smallest absolute Gasteiger partial charge is 0.213 e. The molecule has 1 fully saturated rings. The Labute approximate surface area is 127 Å². The number of anilines is 1. The second-order valence-corrected chi connectivity index (χ2v) is 5.67. The molecule has 0 bridgehead atoms. The number of piperidine rings is 1. The highest BCUT2D eigenvalue weighted by Crippen LogP contribution is 2.33. The highest BCUT2D eigenvalue weighted by molar-refractivity contribution is 5.94. The summed E-state index contributed by atoms with van der Waals surface area (Å²) in [6.07, 6.45) is 4.60. The fourth-order valence-corrected chi connectivity index (χ4v) is 3.05. The van der Waals surface area contributed by atoms with E-state index in [0.29, 0.717) is 35.2 Å². The Balaban J connectivity index is 2.11. The Morgan fingerprint density at radius 2 is 2.27 bits per heavy atom. The minimum atomic E-state index is -0.596. The van der Waals surface area contributed by atoms with Crippen LogP contribution >= 0.6 is 0 Å². The molecule has 0 radical (unpaired) electrons. The van der Waals surface area contributed by atoms with E-state index in [1.807, 2.05) is 11.8 Å². The maximum Gasteiger partial charge on any atom is 0.213 e. The number of pyridine rings is 2. The topological polar surface area (TPSA) is 69.9 Å².